The van der Waals surface area contributed by atoms with Crippen molar-refractivity contribution in [1.82, 2.24) is 5.43 Å². The number of nitrogens with one attached hydrogen (secondary N) is 1. The normalized spacial score (nSPS) is 19.4. The largest absolute Gasteiger partial charge is 0.416 e. The first kappa shape index (κ1) is 15.3. The van der Waals surface area contributed by atoms with Crippen LogP contribution in [0.3, 0.4) is 0 Å². The molecule has 6 heteroatoms. The Morgan fingerprint density at radius 1 is 1.40 bits per heavy atom. The zero-order valence-corrected chi connectivity index (χ0v) is 11.3. The van der Waals surface area contributed by atoms with E-state index in [1.54, 1.807) is 13.2 Å². The molecule has 3 nitrogen and oxygen atoms in total. The third kappa shape index (κ3) is 2.97. The summed E-state index contributed by atoms with van der Waals surface area (Å²) < 4.78 is 43.6. The number of hydrogen-bond donors (Lipinski definition) is 2. The summed E-state index contributed by atoms with van der Waals surface area (Å²) in [6, 6.07) is 5.16. The second-order valence-electron chi connectivity index (χ2n) is 5.24. The van der Waals surface area contributed by atoms with E-state index < -0.39 is 11.7 Å². The lowest BCUT2D eigenvalue weighted by Crippen LogP contribution is -2.59. The second kappa shape index (κ2) is 5.71. The highest BCUT2D eigenvalue weighted by atomic mass is 19.4. The lowest BCUT2D eigenvalue weighted by atomic mass is 9.73. The van der Waals surface area contributed by atoms with Crippen LogP contribution in [0.5, 0.6) is 0 Å². The maximum Gasteiger partial charge on any atom is 0.416 e. The Balaban J connectivity index is 2.16. The molecule has 112 valence electrons. The molecule has 1 aromatic carbocycles. The summed E-state index contributed by atoms with van der Waals surface area (Å²) in [7, 11) is 1.62. The third-order valence-corrected chi connectivity index (χ3v) is 4.14. The maximum absolute atomic E-state index is 12.7. The smallest absolute Gasteiger partial charge is 0.377 e. The number of benzene rings is 1. The van der Waals surface area contributed by atoms with E-state index in [4.69, 9.17) is 10.6 Å². The van der Waals surface area contributed by atoms with Crippen LogP contribution in [-0.4, -0.2) is 18.8 Å². The molecule has 1 aliphatic rings. The number of alkyl halides is 3. The van der Waals surface area contributed by atoms with Gasteiger partial charge >= 0.3 is 6.18 Å². The highest BCUT2D eigenvalue weighted by Crippen LogP contribution is 2.39. The predicted octanol–water partition coefficient (Wildman–Crippen LogP) is 2.65. The molecule has 3 N–H and O–H groups in total. The van der Waals surface area contributed by atoms with E-state index >= 15 is 0 Å². The molecule has 1 saturated carbocycles. The van der Waals surface area contributed by atoms with Crippen molar-refractivity contribution in [1.29, 1.82) is 0 Å². The van der Waals surface area contributed by atoms with E-state index in [9.17, 15) is 13.2 Å². The molecule has 1 aliphatic carbocycles. The lowest BCUT2D eigenvalue weighted by Gasteiger charge is -2.46. The van der Waals surface area contributed by atoms with Gasteiger partial charge in [0.25, 0.3) is 0 Å². The molecule has 1 fully saturated rings. The first-order chi connectivity index (χ1) is 9.41. The summed E-state index contributed by atoms with van der Waals surface area (Å²) >= 11 is 0. The van der Waals surface area contributed by atoms with Crippen LogP contribution in [-0.2, 0) is 17.3 Å². The number of hydrogen-bond acceptors (Lipinski definition) is 3. The van der Waals surface area contributed by atoms with Gasteiger partial charge in [-0.15, -0.1) is 0 Å². The highest BCUT2D eigenvalue weighted by Gasteiger charge is 2.44. The van der Waals surface area contributed by atoms with E-state index in [2.05, 4.69) is 5.43 Å². The van der Waals surface area contributed by atoms with Crippen LogP contribution >= 0.6 is 0 Å². The van der Waals surface area contributed by atoms with Crippen LogP contribution in [0.25, 0.3) is 0 Å². The van der Waals surface area contributed by atoms with Crippen molar-refractivity contribution in [2.45, 2.75) is 43.5 Å². The van der Waals surface area contributed by atoms with Gasteiger partial charge in [-0.25, -0.2) is 0 Å². The number of rotatable bonds is 5. The van der Waals surface area contributed by atoms with E-state index in [1.165, 1.54) is 12.1 Å². The van der Waals surface area contributed by atoms with Crippen molar-refractivity contribution in [3.05, 3.63) is 35.4 Å². The topological polar surface area (TPSA) is 47.3 Å². The van der Waals surface area contributed by atoms with Gasteiger partial charge in [0.2, 0.25) is 0 Å². The van der Waals surface area contributed by atoms with Crippen LogP contribution in [0.1, 0.15) is 30.4 Å². The Bertz CT molecular complexity index is 452. The Morgan fingerprint density at radius 3 is 2.55 bits per heavy atom. The SMILES string of the molecule is COC1(C(Cc2cccc(C(F)(F)F)c2)NN)CCC1. The van der Waals surface area contributed by atoms with Crippen LogP contribution in [0.4, 0.5) is 13.2 Å². The number of nitrogens with two attached hydrogens (primary N) is 1. The summed E-state index contributed by atoms with van der Waals surface area (Å²) in [5, 5.41) is 0. The lowest BCUT2D eigenvalue weighted by molar-refractivity contribution is -0.137. The molecule has 0 amide bonds. The minimum absolute atomic E-state index is 0.190. The molecule has 0 bridgehead atoms. The molecule has 0 aromatic heterocycles. The molecule has 1 atom stereocenters. The van der Waals surface area contributed by atoms with Gasteiger partial charge in [0.05, 0.1) is 17.2 Å². The molecule has 0 aliphatic heterocycles. The third-order valence-electron chi connectivity index (χ3n) is 4.14. The van der Waals surface area contributed by atoms with Gasteiger partial charge in [-0.1, -0.05) is 18.2 Å². The van der Waals surface area contributed by atoms with Crippen LogP contribution in [0.2, 0.25) is 0 Å². The fourth-order valence-electron chi connectivity index (χ4n) is 2.73. The van der Waals surface area contributed by atoms with E-state index in [-0.39, 0.29) is 11.6 Å². The van der Waals surface area contributed by atoms with E-state index in [0.29, 0.717) is 12.0 Å². The monoisotopic (exact) mass is 288 g/mol. The summed E-state index contributed by atoms with van der Waals surface area (Å²) in [6.45, 7) is 0. The van der Waals surface area contributed by atoms with E-state index in [1.807, 2.05) is 0 Å². The van der Waals surface area contributed by atoms with Crippen molar-refractivity contribution in [2.75, 3.05) is 7.11 Å². The molecule has 1 aromatic rings. The Labute approximate surface area is 116 Å². The van der Waals surface area contributed by atoms with Gasteiger partial charge in [-0.3, -0.25) is 11.3 Å². The fourth-order valence-corrected chi connectivity index (χ4v) is 2.73. The molecule has 0 heterocycles. The number of methoxy groups -OCH3 is 1. The van der Waals surface area contributed by atoms with Crippen molar-refractivity contribution in [3.8, 4) is 0 Å². The number of hydrazine groups is 1. The van der Waals surface area contributed by atoms with Crippen LogP contribution < -0.4 is 11.3 Å². The molecule has 0 radical (unpaired) electrons. The first-order valence-corrected chi connectivity index (χ1v) is 6.59. The highest BCUT2D eigenvalue weighted by molar-refractivity contribution is 5.27. The maximum atomic E-state index is 12.7. The minimum Gasteiger partial charge on any atom is -0.377 e. The average molecular weight is 288 g/mol. The number of ether oxygens (including phenoxy) is 1. The van der Waals surface area contributed by atoms with Gasteiger partial charge in [0.1, 0.15) is 0 Å². The first-order valence-electron chi connectivity index (χ1n) is 6.59. The minimum atomic E-state index is -4.32. The Kier molecular flexibility index (Phi) is 4.36. The molecular formula is C14H19F3N2O. The van der Waals surface area contributed by atoms with Crippen molar-refractivity contribution in [2.24, 2.45) is 5.84 Å². The van der Waals surface area contributed by atoms with Gasteiger partial charge in [0, 0.05) is 7.11 Å². The second-order valence-corrected chi connectivity index (χ2v) is 5.24. The molecule has 20 heavy (non-hydrogen) atoms. The summed E-state index contributed by atoms with van der Waals surface area (Å²) in [6.07, 6.45) is -1.12. The Morgan fingerprint density at radius 2 is 2.10 bits per heavy atom. The van der Waals surface area contributed by atoms with Crippen molar-refractivity contribution in [3.63, 3.8) is 0 Å². The predicted molar refractivity (Wildman–Crippen MR) is 69.9 cm³/mol. The molecular weight excluding hydrogens is 269 g/mol. The van der Waals surface area contributed by atoms with Crippen LogP contribution in [0.15, 0.2) is 24.3 Å². The molecule has 2 rings (SSSR count). The molecule has 0 saturated heterocycles. The summed E-state index contributed by atoms with van der Waals surface area (Å²) in [4.78, 5) is 0. The van der Waals surface area contributed by atoms with Gasteiger partial charge in [-0.05, 0) is 37.3 Å². The van der Waals surface area contributed by atoms with Gasteiger partial charge < -0.3 is 4.74 Å². The van der Waals surface area contributed by atoms with Crippen molar-refractivity contribution < 1.29 is 17.9 Å². The average Bonchev–Trinajstić information content (AvgIpc) is 2.36. The van der Waals surface area contributed by atoms with Gasteiger partial charge in [-0.2, -0.15) is 13.2 Å². The quantitative estimate of drug-likeness (QED) is 0.647. The fraction of sp³-hybridized carbons (Fsp3) is 0.571. The molecule has 1 unspecified atom stereocenters. The number of halogens is 3. The van der Waals surface area contributed by atoms with E-state index in [0.717, 1.165) is 25.3 Å². The summed E-state index contributed by atoms with van der Waals surface area (Å²) in [5.74, 6) is 5.56. The zero-order chi connectivity index (χ0) is 14.8. The Hall–Kier alpha value is -1.11. The van der Waals surface area contributed by atoms with Gasteiger partial charge in [0.15, 0.2) is 0 Å². The zero-order valence-electron chi connectivity index (χ0n) is 11.3. The molecule has 0 spiro atoms. The standard InChI is InChI=1S/C14H19F3N2O/c1-20-13(6-3-7-13)12(19-18)9-10-4-2-5-11(8-10)14(15,16)17/h2,4-5,8,12,19H,3,6-7,9,18H2,1H3. The summed E-state index contributed by atoms with van der Waals surface area (Å²) in [5.41, 5.74) is 2.31. The van der Waals surface area contributed by atoms with Crippen molar-refractivity contribution >= 4 is 0 Å². The van der Waals surface area contributed by atoms with Crippen LogP contribution in [0, 0.1) is 0 Å².